The molecule has 0 saturated heterocycles. The zero-order valence-electron chi connectivity index (χ0n) is 12.6. The summed E-state index contributed by atoms with van der Waals surface area (Å²) in [5, 5.41) is 4.00. The number of nitrogens with zero attached hydrogens (tertiary/aromatic N) is 3. The highest BCUT2D eigenvalue weighted by molar-refractivity contribution is 7.99. The highest BCUT2D eigenvalue weighted by Gasteiger charge is 2.07. The van der Waals surface area contributed by atoms with Gasteiger partial charge in [0.2, 0.25) is 0 Å². The Hall–Kier alpha value is -2.92. The van der Waals surface area contributed by atoms with Crippen LogP contribution in [0.3, 0.4) is 0 Å². The van der Waals surface area contributed by atoms with Gasteiger partial charge in [0.1, 0.15) is 5.03 Å². The summed E-state index contributed by atoms with van der Waals surface area (Å²) in [5.74, 6) is 0. The zero-order chi connectivity index (χ0) is 15.9. The largest absolute Gasteiger partial charge is 0.333 e. The Labute approximate surface area is 142 Å². The third kappa shape index (κ3) is 2.30. The molecule has 4 nitrogen and oxygen atoms in total. The first kappa shape index (κ1) is 13.5. The number of aromatic nitrogens is 4. The predicted molar refractivity (Wildman–Crippen MR) is 97.3 cm³/mol. The zero-order valence-corrected chi connectivity index (χ0v) is 13.4. The quantitative estimate of drug-likeness (QED) is 0.472. The van der Waals surface area contributed by atoms with Crippen LogP contribution in [0.5, 0.6) is 0 Å². The molecule has 2 heterocycles. The number of hydrogen-bond acceptors (Lipinski definition) is 4. The number of aromatic amines is 1. The third-order valence-electron chi connectivity index (χ3n) is 3.96. The Morgan fingerprint density at radius 1 is 0.750 bits per heavy atom. The number of fused-ring (bicyclic) bond motifs is 3. The van der Waals surface area contributed by atoms with Gasteiger partial charge in [-0.05, 0) is 46.8 Å². The van der Waals surface area contributed by atoms with Gasteiger partial charge in [-0.1, -0.05) is 36.4 Å². The molecule has 0 aliphatic heterocycles. The number of rotatable bonds is 2. The van der Waals surface area contributed by atoms with E-state index in [0.29, 0.717) is 0 Å². The topological polar surface area (TPSA) is 54.5 Å². The number of imidazole rings is 1. The van der Waals surface area contributed by atoms with Gasteiger partial charge >= 0.3 is 0 Å². The van der Waals surface area contributed by atoms with Crippen LogP contribution in [0.25, 0.3) is 32.8 Å². The first-order chi connectivity index (χ1) is 11.8. The molecule has 0 spiro atoms. The van der Waals surface area contributed by atoms with Crippen molar-refractivity contribution in [1.29, 1.82) is 0 Å². The molecule has 5 rings (SSSR count). The molecular weight excluding hydrogens is 316 g/mol. The lowest BCUT2D eigenvalue weighted by atomic mass is 10.1. The monoisotopic (exact) mass is 328 g/mol. The van der Waals surface area contributed by atoms with Gasteiger partial charge in [-0.15, -0.1) is 0 Å². The van der Waals surface area contributed by atoms with Crippen molar-refractivity contribution in [3.8, 4) is 0 Å². The molecule has 0 saturated carbocycles. The molecule has 0 fully saturated rings. The Bertz CT molecular complexity index is 1160. The molecule has 0 aliphatic carbocycles. The molecule has 0 unspecified atom stereocenters. The van der Waals surface area contributed by atoms with Crippen LogP contribution in [-0.2, 0) is 0 Å². The number of H-pyrrole nitrogens is 1. The van der Waals surface area contributed by atoms with Gasteiger partial charge < -0.3 is 4.98 Å². The van der Waals surface area contributed by atoms with Crippen molar-refractivity contribution < 1.29 is 0 Å². The lowest BCUT2D eigenvalue weighted by molar-refractivity contribution is 1.05. The maximum absolute atomic E-state index is 4.73. The Kier molecular flexibility index (Phi) is 2.99. The van der Waals surface area contributed by atoms with Crippen LogP contribution in [0, 0.1) is 0 Å². The minimum atomic E-state index is 0.825. The molecule has 114 valence electrons. The lowest BCUT2D eigenvalue weighted by Crippen LogP contribution is -1.88. The van der Waals surface area contributed by atoms with Crippen molar-refractivity contribution in [3.63, 3.8) is 0 Å². The van der Waals surface area contributed by atoms with E-state index in [2.05, 4.69) is 39.2 Å². The van der Waals surface area contributed by atoms with Crippen LogP contribution in [0.2, 0.25) is 0 Å². The van der Waals surface area contributed by atoms with Gasteiger partial charge in [-0.3, -0.25) is 4.98 Å². The van der Waals surface area contributed by atoms with Crippen LogP contribution < -0.4 is 0 Å². The summed E-state index contributed by atoms with van der Waals surface area (Å²) < 4.78 is 0. The second-order valence-electron chi connectivity index (χ2n) is 5.56. The summed E-state index contributed by atoms with van der Waals surface area (Å²) in [6.07, 6.45) is 1.80. The third-order valence-corrected chi connectivity index (χ3v) is 4.75. The molecule has 5 aromatic rings. The number of hydrogen-bond donors (Lipinski definition) is 1. The van der Waals surface area contributed by atoms with E-state index in [9.17, 15) is 0 Å². The number of nitrogens with one attached hydrogen (secondary N) is 1. The summed E-state index contributed by atoms with van der Waals surface area (Å²) in [7, 11) is 0. The fraction of sp³-hybridized carbons (Fsp3) is 0. The smallest absolute Gasteiger partial charge is 0.172 e. The van der Waals surface area contributed by atoms with E-state index in [1.807, 2.05) is 36.4 Å². The molecule has 1 N–H and O–H groups in total. The van der Waals surface area contributed by atoms with Crippen molar-refractivity contribution in [1.82, 2.24) is 19.9 Å². The van der Waals surface area contributed by atoms with Gasteiger partial charge in [0.05, 0.1) is 28.3 Å². The fourth-order valence-electron chi connectivity index (χ4n) is 2.81. The van der Waals surface area contributed by atoms with E-state index in [-0.39, 0.29) is 0 Å². The van der Waals surface area contributed by atoms with Crippen molar-refractivity contribution in [3.05, 3.63) is 66.9 Å². The average Bonchev–Trinajstić information content (AvgIpc) is 3.02. The van der Waals surface area contributed by atoms with E-state index >= 15 is 0 Å². The SMILES string of the molecule is c1ccc2cc3nc(Sc4nc5ccccc5[nH]4)cnc3cc2c1. The van der Waals surface area contributed by atoms with Gasteiger partial charge in [0.25, 0.3) is 0 Å². The molecule has 0 radical (unpaired) electrons. The molecule has 0 amide bonds. The molecular formula is C19H12N4S. The van der Waals surface area contributed by atoms with Crippen LogP contribution in [-0.4, -0.2) is 19.9 Å². The van der Waals surface area contributed by atoms with Crippen molar-refractivity contribution in [2.24, 2.45) is 0 Å². The normalized spacial score (nSPS) is 11.5. The van der Waals surface area contributed by atoms with Crippen molar-refractivity contribution in [2.45, 2.75) is 10.2 Å². The van der Waals surface area contributed by atoms with Crippen LogP contribution >= 0.6 is 11.8 Å². The Morgan fingerprint density at radius 3 is 2.33 bits per heavy atom. The summed E-state index contributed by atoms with van der Waals surface area (Å²) >= 11 is 1.49. The van der Waals surface area contributed by atoms with Crippen molar-refractivity contribution >= 4 is 44.6 Å². The molecule has 0 atom stereocenters. The molecule has 5 heteroatoms. The first-order valence-electron chi connectivity index (χ1n) is 7.63. The minimum absolute atomic E-state index is 0.825. The van der Waals surface area contributed by atoms with E-state index < -0.39 is 0 Å². The number of para-hydroxylation sites is 2. The highest BCUT2D eigenvalue weighted by atomic mass is 32.2. The Morgan fingerprint density at radius 2 is 1.50 bits per heavy atom. The van der Waals surface area contributed by atoms with Crippen LogP contribution in [0.4, 0.5) is 0 Å². The molecule has 3 aromatic carbocycles. The van der Waals surface area contributed by atoms with Crippen LogP contribution in [0.1, 0.15) is 0 Å². The molecule has 24 heavy (non-hydrogen) atoms. The molecule has 0 bridgehead atoms. The van der Waals surface area contributed by atoms with Gasteiger partial charge in [0.15, 0.2) is 5.16 Å². The van der Waals surface area contributed by atoms with E-state index in [1.54, 1.807) is 6.20 Å². The first-order valence-corrected chi connectivity index (χ1v) is 8.45. The predicted octanol–water partition coefficient (Wildman–Crippen LogP) is 4.81. The van der Waals surface area contributed by atoms with Crippen molar-refractivity contribution in [2.75, 3.05) is 0 Å². The van der Waals surface area contributed by atoms with Gasteiger partial charge in [-0.2, -0.15) is 0 Å². The lowest BCUT2D eigenvalue weighted by Gasteiger charge is -2.03. The second kappa shape index (κ2) is 5.32. The summed E-state index contributed by atoms with van der Waals surface area (Å²) in [4.78, 5) is 17.2. The molecule has 2 aromatic heterocycles. The number of benzene rings is 3. The van der Waals surface area contributed by atoms with Gasteiger partial charge in [0, 0.05) is 0 Å². The highest BCUT2D eigenvalue weighted by Crippen LogP contribution is 2.27. The van der Waals surface area contributed by atoms with E-state index in [1.165, 1.54) is 22.5 Å². The summed E-state index contributed by atoms with van der Waals surface area (Å²) in [6.45, 7) is 0. The van der Waals surface area contributed by atoms with Gasteiger partial charge in [-0.25, -0.2) is 9.97 Å². The summed E-state index contributed by atoms with van der Waals surface area (Å²) in [6, 6.07) is 20.4. The van der Waals surface area contributed by atoms with E-state index in [4.69, 9.17) is 4.98 Å². The fourth-order valence-corrected chi connectivity index (χ4v) is 3.56. The minimum Gasteiger partial charge on any atom is -0.333 e. The Balaban J connectivity index is 1.57. The maximum atomic E-state index is 4.73. The van der Waals surface area contributed by atoms with Crippen LogP contribution in [0.15, 0.2) is 77.0 Å². The average molecular weight is 328 g/mol. The standard InChI is InChI=1S/C19H12N4S/c1-2-6-13-10-17-16(9-12(13)5-1)20-11-18(21-17)24-19-22-14-7-3-4-8-15(14)23-19/h1-11H,(H,22,23). The van der Waals surface area contributed by atoms with E-state index in [0.717, 1.165) is 32.2 Å². The second-order valence-corrected chi connectivity index (χ2v) is 6.57. The molecule has 0 aliphatic rings. The maximum Gasteiger partial charge on any atom is 0.172 e. The summed E-state index contributed by atoms with van der Waals surface area (Å²) in [5.41, 5.74) is 3.79.